The van der Waals surface area contributed by atoms with Gasteiger partial charge in [-0.25, -0.2) is 9.37 Å². The van der Waals surface area contributed by atoms with Gasteiger partial charge in [-0.05, 0) is 40.8 Å². The first-order chi connectivity index (χ1) is 16.9. The number of amides is 1. The van der Waals surface area contributed by atoms with Crippen LogP contribution < -0.4 is 4.74 Å². The Morgan fingerprint density at radius 2 is 1.97 bits per heavy atom. The fourth-order valence-electron chi connectivity index (χ4n) is 3.48. The lowest BCUT2D eigenvalue weighted by atomic mass is 10.1. The minimum atomic E-state index is -0.514. The molecule has 0 aliphatic carbocycles. The van der Waals surface area contributed by atoms with Gasteiger partial charge in [0.2, 0.25) is 11.8 Å². The Labute approximate surface area is 209 Å². The Hall–Kier alpha value is -3.39. The predicted octanol–water partition coefficient (Wildman–Crippen LogP) is 5.61. The number of methoxy groups -OCH3 is 1. The second-order valence-electron chi connectivity index (χ2n) is 8.05. The van der Waals surface area contributed by atoms with Crippen molar-refractivity contribution >= 4 is 17.7 Å². The summed E-state index contributed by atoms with van der Waals surface area (Å²) in [6, 6.07) is 11.0. The Bertz CT molecular complexity index is 1150. The number of carbonyl (C=O) groups excluding carboxylic acids is 1. The van der Waals surface area contributed by atoms with Gasteiger partial charge in [0, 0.05) is 42.4 Å². The van der Waals surface area contributed by atoms with Gasteiger partial charge >= 0.3 is 0 Å². The van der Waals surface area contributed by atoms with Crippen LogP contribution >= 0.6 is 11.8 Å². The summed E-state index contributed by atoms with van der Waals surface area (Å²) in [7, 11) is 1.56. The standard InChI is InChI=1S/C24H22FN3O3S.C3H8/c1-31-23-10-17(6-8-26-23)14-28(19-7-9-32-15-19)24(30)11-16-2-5-21(27-13-16)20-4-3-18(25)12-22(20)29;1-3-2/h2-10,12-13,19,29H,11,14-15H2,1H3;3H2,1-2H3. The van der Waals surface area contributed by atoms with E-state index >= 15 is 0 Å². The molecule has 2 aromatic heterocycles. The highest BCUT2D eigenvalue weighted by Gasteiger charge is 2.24. The number of halogens is 1. The van der Waals surface area contributed by atoms with Gasteiger partial charge in [-0.15, -0.1) is 11.8 Å². The first-order valence-corrected chi connectivity index (χ1v) is 12.5. The van der Waals surface area contributed by atoms with Crippen LogP contribution in [0.15, 0.2) is 66.3 Å². The number of aromatic hydroxyl groups is 1. The molecule has 3 heterocycles. The fraction of sp³-hybridized carbons (Fsp3) is 0.296. The molecule has 6 nitrogen and oxygen atoms in total. The Kier molecular flexibility index (Phi) is 9.66. The number of carbonyl (C=O) groups is 1. The maximum Gasteiger partial charge on any atom is 0.227 e. The van der Waals surface area contributed by atoms with Crippen molar-refractivity contribution in [2.24, 2.45) is 0 Å². The molecule has 1 aliphatic heterocycles. The van der Waals surface area contributed by atoms with E-state index in [2.05, 4.69) is 23.8 Å². The molecule has 184 valence electrons. The summed E-state index contributed by atoms with van der Waals surface area (Å²) < 4.78 is 18.4. The first-order valence-electron chi connectivity index (χ1n) is 11.5. The minimum absolute atomic E-state index is 0.00931. The van der Waals surface area contributed by atoms with Crippen LogP contribution in [-0.2, 0) is 17.8 Å². The second-order valence-corrected chi connectivity index (χ2v) is 8.99. The third-order valence-electron chi connectivity index (χ3n) is 5.16. The number of hydrogen-bond acceptors (Lipinski definition) is 6. The van der Waals surface area contributed by atoms with Gasteiger partial charge in [-0.3, -0.25) is 9.78 Å². The number of thioether (sulfide) groups is 1. The van der Waals surface area contributed by atoms with Gasteiger partial charge in [0.05, 0.1) is 25.3 Å². The van der Waals surface area contributed by atoms with E-state index in [-0.39, 0.29) is 24.1 Å². The quantitative estimate of drug-likeness (QED) is 0.459. The van der Waals surface area contributed by atoms with Crippen LogP contribution in [0, 0.1) is 5.82 Å². The van der Waals surface area contributed by atoms with E-state index in [1.165, 1.54) is 18.6 Å². The molecule has 1 atom stereocenters. The number of aromatic nitrogens is 2. The molecule has 0 radical (unpaired) electrons. The lowest BCUT2D eigenvalue weighted by Gasteiger charge is -2.28. The van der Waals surface area contributed by atoms with Crippen LogP contribution in [0.25, 0.3) is 11.3 Å². The van der Waals surface area contributed by atoms with Crippen LogP contribution in [0.1, 0.15) is 31.4 Å². The molecule has 8 heteroatoms. The van der Waals surface area contributed by atoms with E-state index in [0.717, 1.165) is 22.9 Å². The van der Waals surface area contributed by atoms with E-state index in [9.17, 15) is 14.3 Å². The zero-order chi connectivity index (χ0) is 25.2. The van der Waals surface area contributed by atoms with Crippen LogP contribution in [0.3, 0.4) is 0 Å². The molecule has 0 bridgehead atoms. The fourth-order valence-corrected chi connectivity index (χ4v) is 4.38. The Morgan fingerprint density at radius 1 is 1.17 bits per heavy atom. The van der Waals surface area contributed by atoms with E-state index in [0.29, 0.717) is 23.7 Å². The smallest absolute Gasteiger partial charge is 0.227 e. The SMILES string of the molecule is CCC.COc1cc(CN(C(=O)Cc2ccc(-c3ccc(F)cc3O)nc2)C2C=CSC2)ccn1. The summed E-state index contributed by atoms with van der Waals surface area (Å²) in [5, 5.41) is 12.0. The molecular weight excluding hydrogens is 465 g/mol. The van der Waals surface area contributed by atoms with Crippen molar-refractivity contribution in [2.75, 3.05) is 12.9 Å². The highest BCUT2D eigenvalue weighted by molar-refractivity contribution is 8.02. The van der Waals surface area contributed by atoms with Crippen LogP contribution in [0.2, 0.25) is 0 Å². The van der Waals surface area contributed by atoms with E-state index in [1.807, 2.05) is 28.5 Å². The Balaban J connectivity index is 0.00000108. The first kappa shape index (κ1) is 26.2. The molecule has 1 amide bonds. The van der Waals surface area contributed by atoms with Crippen LogP contribution in [-0.4, -0.2) is 44.8 Å². The largest absolute Gasteiger partial charge is 0.507 e. The third-order valence-corrected chi connectivity index (χ3v) is 6.05. The number of hydrogen-bond donors (Lipinski definition) is 1. The number of ether oxygens (including phenoxy) is 1. The van der Waals surface area contributed by atoms with Gasteiger partial charge in [0.15, 0.2) is 0 Å². The lowest BCUT2D eigenvalue weighted by molar-refractivity contribution is -0.132. The number of nitrogens with zero attached hydrogens (tertiary/aromatic N) is 3. The van der Waals surface area contributed by atoms with Crippen molar-refractivity contribution in [3.63, 3.8) is 0 Å². The molecule has 0 fully saturated rings. The average Bonchev–Trinajstić information content (AvgIpc) is 3.38. The molecule has 1 N–H and O–H groups in total. The van der Waals surface area contributed by atoms with E-state index in [1.54, 1.807) is 43.4 Å². The van der Waals surface area contributed by atoms with Crippen LogP contribution in [0.5, 0.6) is 11.6 Å². The number of pyridine rings is 2. The maximum absolute atomic E-state index is 13.2. The molecule has 35 heavy (non-hydrogen) atoms. The molecule has 3 aromatic rings. The van der Waals surface area contributed by atoms with E-state index in [4.69, 9.17) is 4.74 Å². The second kappa shape index (κ2) is 12.9. The molecule has 0 saturated heterocycles. The highest BCUT2D eigenvalue weighted by atomic mass is 32.2. The monoisotopic (exact) mass is 495 g/mol. The summed E-state index contributed by atoms with van der Waals surface area (Å²) in [4.78, 5) is 23.6. The number of phenols is 1. The summed E-state index contributed by atoms with van der Waals surface area (Å²) in [6.07, 6.45) is 6.77. The molecule has 0 saturated carbocycles. The van der Waals surface area contributed by atoms with Crippen LogP contribution in [0.4, 0.5) is 4.39 Å². The average molecular weight is 496 g/mol. The molecule has 1 aliphatic rings. The van der Waals surface area contributed by atoms with Crippen molar-refractivity contribution in [2.45, 2.75) is 39.3 Å². The van der Waals surface area contributed by atoms with Crippen molar-refractivity contribution in [1.82, 2.24) is 14.9 Å². The van der Waals surface area contributed by atoms with Crippen molar-refractivity contribution < 1.29 is 19.0 Å². The van der Waals surface area contributed by atoms with Gasteiger partial charge in [0.25, 0.3) is 0 Å². The summed E-state index contributed by atoms with van der Waals surface area (Å²) in [5.41, 5.74) is 2.64. The number of phenolic OH excluding ortho intramolecular Hbond substituents is 1. The minimum Gasteiger partial charge on any atom is -0.507 e. The van der Waals surface area contributed by atoms with Crippen molar-refractivity contribution in [1.29, 1.82) is 0 Å². The number of benzene rings is 1. The molecule has 0 spiro atoms. The molecular formula is C27H30FN3O3S. The predicted molar refractivity (Wildman–Crippen MR) is 138 cm³/mol. The summed E-state index contributed by atoms with van der Waals surface area (Å²) >= 11 is 1.68. The zero-order valence-electron chi connectivity index (χ0n) is 20.1. The van der Waals surface area contributed by atoms with Gasteiger partial charge in [-0.2, -0.15) is 0 Å². The highest BCUT2D eigenvalue weighted by Crippen LogP contribution is 2.28. The van der Waals surface area contributed by atoms with Crippen molar-refractivity contribution in [3.05, 3.63) is 83.3 Å². The van der Waals surface area contributed by atoms with Crippen molar-refractivity contribution in [3.8, 4) is 22.9 Å². The maximum atomic E-state index is 13.2. The molecule has 1 unspecified atom stereocenters. The topological polar surface area (TPSA) is 75.5 Å². The zero-order valence-corrected chi connectivity index (χ0v) is 21.0. The number of rotatable bonds is 7. The molecule has 4 rings (SSSR count). The summed E-state index contributed by atoms with van der Waals surface area (Å²) in [6.45, 7) is 4.70. The van der Waals surface area contributed by atoms with Gasteiger partial charge < -0.3 is 14.7 Å². The normalized spacial score (nSPS) is 14.2. The molecule has 1 aromatic carbocycles. The van der Waals surface area contributed by atoms with Gasteiger partial charge in [0.1, 0.15) is 11.6 Å². The Morgan fingerprint density at radius 3 is 2.60 bits per heavy atom. The van der Waals surface area contributed by atoms with E-state index < -0.39 is 5.82 Å². The van der Waals surface area contributed by atoms with Gasteiger partial charge in [-0.1, -0.05) is 32.4 Å². The lowest BCUT2D eigenvalue weighted by Crippen LogP contribution is -2.40. The summed E-state index contributed by atoms with van der Waals surface area (Å²) in [5.74, 6) is 0.618. The third kappa shape index (κ3) is 7.29.